The Morgan fingerprint density at radius 3 is 0.606 bits per heavy atom. The lowest BCUT2D eigenvalue weighted by atomic mass is 9.82. The summed E-state index contributed by atoms with van der Waals surface area (Å²) in [6.45, 7) is 0. The molecule has 0 saturated heterocycles. The summed E-state index contributed by atoms with van der Waals surface area (Å²) in [5, 5.41) is 47.5. The summed E-state index contributed by atoms with van der Waals surface area (Å²) in [5.41, 5.74) is 22.6. The van der Waals surface area contributed by atoms with Crippen LogP contribution in [0.5, 0.6) is 0 Å². The lowest BCUT2D eigenvalue weighted by Gasteiger charge is -2.21. The van der Waals surface area contributed by atoms with Crippen LogP contribution in [-0.2, 0) is 0 Å². The molecule has 606 valence electrons. The molecule has 132 heavy (non-hydrogen) atoms. The highest BCUT2D eigenvalue weighted by Crippen LogP contribution is 2.53. The number of rotatable bonds is 9. The fraction of sp³-hybridized carbons (Fsp3) is 0. The molecule has 0 aromatic heterocycles. The fourth-order valence-corrected chi connectivity index (χ4v) is 23.3. The molecule has 0 atom stereocenters. The van der Waals surface area contributed by atoms with Gasteiger partial charge in [0.05, 0.1) is 0 Å². The number of hydrogen-bond donors (Lipinski definition) is 0. The van der Waals surface area contributed by atoms with Crippen molar-refractivity contribution >= 4 is 194 Å². The Morgan fingerprint density at radius 2 is 0.280 bits per heavy atom. The van der Waals surface area contributed by atoms with Gasteiger partial charge in [-0.05, 0) is 300 Å². The van der Waals surface area contributed by atoms with Crippen molar-refractivity contribution in [2.75, 3.05) is 0 Å². The van der Waals surface area contributed by atoms with Crippen LogP contribution in [0, 0.1) is 0 Å². The molecule has 0 saturated carbocycles. The minimum atomic E-state index is 1.23. The molecule has 0 nitrogen and oxygen atoms in total. The molecule has 30 aromatic rings. The van der Waals surface area contributed by atoms with E-state index in [2.05, 4.69) is 473 Å². The van der Waals surface area contributed by atoms with Crippen molar-refractivity contribution in [3.63, 3.8) is 0 Å². The van der Waals surface area contributed by atoms with E-state index in [-0.39, 0.29) is 0 Å². The molecule has 0 unspecified atom stereocenters. The third kappa shape index (κ3) is 11.4. The smallest absolute Gasteiger partial charge is 0.00204 e. The monoisotopic (exact) mass is 1660 g/mol. The first-order valence-electron chi connectivity index (χ1n) is 46.1. The van der Waals surface area contributed by atoms with E-state index in [4.69, 9.17) is 0 Å². The standard InChI is InChI=1S/3C44H26/c1-3-31-15-17-35-19-23-37(39-25-21-33(5-1)41(31)43(35)39)29-11-7-27(8-12-29)28-9-13-30(14-10-28)38-24-20-36-18-16-32-4-2-6-34-22-26-40(38)44(36)42(32)34;1-2-7-27(8-3-1)34-13-6-14-36(35-23-19-32-17-15-28-9-4-11-30-20-24-37(35)42(32)40(28)30)44(34)39-26-22-33-18-16-29-10-5-12-31-21-25-38(39)43(33)41(29)31;1-2-6-27(7-3-1)34-20-23-36(35-21-16-32-14-12-28-8-4-10-30-18-24-38(35)43(32)41(28)30)40(26-34)37-22-17-33-15-13-29-9-5-11-31-19-25-39(37)44(33)42(29)31/h3*1-26H. The van der Waals surface area contributed by atoms with Crippen LogP contribution >= 0.6 is 0 Å². The molecule has 0 fully saturated rings. The van der Waals surface area contributed by atoms with Gasteiger partial charge in [-0.25, -0.2) is 0 Å². The highest BCUT2D eigenvalue weighted by Gasteiger charge is 2.25. The van der Waals surface area contributed by atoms with Gasteiger partial charge in [0.25, 0.3) is 0 Å². The fourth-order valence-electron chi connectivity index (χ4n) is 23.3. The maximum Gasteiger partial charge on any atom is -0.00204 e. The highest BCUT2D eigenvalue weighted by molar-refractivity contribution is 6.33. The van der Waals surface area contributed by atoms with Crippen LogP contribution in [0.3, 0.4) is 0 Å². The summed E-state index contributed by atoms with van der Waals surface area (Å²) in [6, 6.07) is 176. The van der Waals surface area contributed by atoms with E-state index < -0.39 is 0 Å². The van der Waals surface area contributed by atoms with E-state index in [1.54, 1.807) is 0 Å². The SMILES string of the molecule is c1cc2ccc3ccc(-c4ccc(-c5ccc(-c6ccc7ccc8cccc9ccc6c7c89)cc5)cc4)c4ccc(c1)c2c34.c1ccc(-c2ccc(-c3ccc4ccc5cccc6ccc3c4c56)c(-c3ccc4ccc5cccc6ccc3c4c56)c2)cc1.c1ccc(-c2cccc(-c3ccc4ccc5cccc6ccc3c4c56)c2-c2ccc3ccc4cccc5ccc2c3c45)cc1. The molecule has 0 spiro atoms. The van der Waals surface area contributed by atoms with E-state index in [0.717, 1.165) is 0 Å². The van der Waals surface area contributed by atoms with Crippen molar-refractivity contribution in [1.29, 1.82) is 0 Å². The molecule has 0 aliphatic rings. The summed E-state index contributed by atoms with van der Waals surface area (Å²) in [7, 11) is 0. The van der Waals surface area contributed by atoms with Crippen molar-refractivity contribution in [2.45, 2.75) is 0 Å². The van der Waals surface area contributed by atoms with Crippen LogP contribution in [-0.4, -0.2) is 0 Å². The molecular weight excluding hydrogens is 1590 g/mol. The van der Waals surface area contributed by atoms with Gasteiger partial charge in [0.2, 0.25) is 0 Å². The van der Waals surface area contributed by atoms with Crippen molar-refractivity contribution in [1.82, 2.24) is 0 Å². The zero-order valence-electron chi connectivity index (χ0n) is 72.0. The number of hydrogen-bond acceptors (Lipinski definition) is 0. The van der Waals surface area contributed by atoms with Gasteiger partial charge in [-0.1, -0.05) is 467 Å². The van der Waals surface area contributed by atoms with Crippen LogP contribution < -0.4 is 0 Å². The number of benzene rings is 30. The molecule has 0 heteroatoms. The first-order valence-corrected chi connectivity index (χ1v) is 46.1. The Labute approximate surface area is 761 Å². The maximum atomic E-state index is 2.41. The van der Waals surface area contributed by atoms with E-state index in [1.165, 1.54) is 294 Å². The normalized spacial score (nSPS) is 12.1. The van der Waals surface area contributed by atoms with Gasteiger partial charge in [-0.2, -0.15) is 0 Å². The van der Waals surface area contributed by atoms with Crippen LogP contribution in [0.2, 0.25) is 0 Å². The largest absolute Gasteiger partial charge is 0.0622 e. The second-order valence-corrected chi connectivity index (χ2v) is 36.2. The van der Waals surface area contributed by atoms with Gasteiger partial charge < -0.3 is 0 Å². The third-order valence-electron chi connectivity index (χ3n) is 29.3. The second kappa shape index (κ2) is 29.2. The molecule has 30 aromatic carbocycles. The molecule has 0 aliphatic heterocycles. The van der Waals surface area contributed by atoms with Crippen LogP contribution in [0.15, 0.2) is 473 Å². The van der Waals surface area contributed by atoms with Crippen LogP contribution in [0.1, 0.15) is 0 Å². The van der Waals surface area contributed by atoms with Crippen molar-refractivity contribution in [3.8, 4) is 100 Å². The van der Waals surface area contributed by atoms with Crippen molar-refractivity contribution in [2.24, 2.45) is 0 Å². The summed E-state index contributed by atoms with van der Waals surface area (Å²) in [6.07, 6.45) is 0. The Hall–Kier alpha value is -17.2. The third-order valence-corrected chi connectivity index (χ3v) is 29.3. The topological polar surface area (TPSA) is 0 Å². The van der Waals surface area contributed by atoms with Crippen molar-refractivity contribution < 1.29 is 0 Å². The summed E-state index contributed by atoms with van der Waals surface area (Å²) >= 11 is 0. The first kappa shape index (κ1) is 74.0. The Kier molecular flexibility index (Phi) is 16.4. The zero-order chi connectivity index (χ0) is 86.3. The average Bonchev–Trinajstić information content (AvgIpc) is 0.702. The van der Waals surface area contributed by atoms with E-state index in [9.17, 15) is 0 Å². The Morgan fingerprint density at radius 1 is 0.0833 bits per heavy atom. The Bertz CT molecular complexity index is 9440. The van der Waals surface area contributed by atoms with Crippen molar-refractivity contribution in [3.05, 3.63) is 473 Å². The highest BCUT2D eigenvalue weighted by atomic mass is 14.3. The van der Waals surface area contributed by atoms with E-state index >= 15 is 0 Å². The first-order chi connectivity index (χ1) is 65.4. The summed E-state index contributed by atoms with van der Waals surface area (Å²) in [5.74, 6) is 0. The lowest BCUT2D eigenvalue weighted by Crippen LogP contribution is -1.94. The van der Waals surface area contributed by atoms with Crippen LogP contribution in [0.4, 0.5) is 0 Å². The summed E-state index contributed by atoms with van der Waals surface area (Å²) < 4.78 is 0. The second-order valence-electron chi connectivity index (χ2n) is 36.2. The zero-order valence-corrected chi connectivity index (χ0v) is 72.0. The molecule has 0 aliphatic carbocycles. The summed E-state index contributed by atoms with van der Waals surface area (Å²) in [4.78, 5) is 0. The van der Waals surface area contributed by atoms with Gasteiger partial charge in [0, 0.05) is 0 Å². The average molecular weight is 1660 g/mol. The molecule has 0 N–H and O–H groups in total. The van der Waals surface area contributed by atoms with Gasteiger partial charge in [-0.3, -0.25) is 0 Å². The molecule has 0 heterocycles. The molecule has 0 bridgehead atoms. The molecule has 0 radical (unpaired) electrons. The molecular formula is C132H78. The van der Waals surface area contributed by atoms with Gasteiger partial charge in [-0.15, -0.1) is 0 Å². The van der Waals surface area contributed by atoms with Gasteiger partial charge >= 0.3 is 0 Å². The molecule has 0 amide bonds. The van der Waals surface area contributed by atoms with Gasteiger partial charge in [0.15, 0.2) is 0 Å². The lowest BCUT2D eigenvalue weighted by molar-refractivity contribution is 1.59. The minimum Gasteiger partial charge on any atom is -0.0622 e. The predicted octanol–water partition coefficient (Wildman–Crippen LogP) is 37.4. The predicted molar refractivity (Wildman–Crippen MR) is 570 cm³/mol. The van der Waals surface area contributed by atoms with E-state index in [0.29, 0.717) is 0 Å². The Balaban J connectivity index is 0.0000000991. The quantitative estimate of drug-likeness (QED) is 0.126. The minimum absolute atomic E-state index is 1.23. The molecule has 30 rings (SSSR count). The van der Waals surface area contributed by atoms with Crippen LogP contribution in [0.25, 0.3) is 294 Å². The van der Waals surface area contributed by atoms with E-state index in [1.807, 2.05) is 0 Å². The van der Waals surface area contributed by atoms with Gasteiger partial charge in [0.1, 0.15) is 0 Å². The maximum absolute atomic E-state index is 2.41.